The van der Waals surface area contributed by atoms with Gasteiger partial charge in [-0.05, 0) is 31.0 Å². The molecule has 0 amide bonds. The molecular formula is C14H18N2O2S3. The molecule has 0 saturated heterocycles. The number of aromatic nitrogens is 2. The molecule has 1 aromatic heterocycles. The number of benzene rings is 1. The van der Waals surface area contributed by atoms with Gasteiger partial charge in [-0.2, -0.15) is 0 Å². The maximum absolute atomic E-state index is 11.4. The van der Waals surface area contributed by atoms with E-state index in [1.165, 1.54) is 6.26 Å². The number of aryl methyl sites for hydroxylation is 1. The summed E-state index contributed by atoms with van der Waals surface area (Å²) in [5, 5.41) is 10.7. The van der Waals surface area contributed by atoms with Gasteiger partial charge in [-0.25, -0.2) is 8.42 Å². The van der Waals surface area contributed by atoms with Gasteiger partial charge in [0.05, 0.1) is 4.90 Å². The zero-order chi connectivity index (χ0) is 15.5. The molecule has 0 aliphatic rings. The van der Waals surface area contributed by atoms with Gasteiger partial charge in [0.25, 0.3) is 0 Å². The van der Waals surface area contributed by atoms with Crippen molar-refractivity contribution in [2.24, 2.45) is 0 Å². The molecule has 0 bridgehead atoms. The Kier molecular flexibility index (Phi) is 5.40. The maximum atomic E-state index is 11.4. The van der Waals surface area contributed by atoms with Gasteiger partial charge in [0, 0.05) is 17.3 Å². The fraction of sp³-hybridized carbons (Fsp3) is 0.429. The molecule has 0 N–H and O–H groups in total. The predicted octanol–water partition coefficient (Wildman–Crippen LogP) is 3.50. The van der Waals surface area contributed by atoms with E-state index in [2.05, 4.69) is 24.0 Å². The fourth-order valence-electron chi connectivity index (χ4n) is 1.77. The minimum Gasteiger partial charge on any atom is -0.224 e. The van der Waals surface area contributed by atoms with Crippen LogP contribution in [0.2, 0.25) is 0 Å². The Bertz CT molecular complexity index is 693. The molecule has 0 saturated carbocycles. The topological polar surface area (TPSA) is 59.9 Å². The van der Waals surface area contributed by atoms with Crippen molar-refractivity contribution >= 4 is 32.9 Å². The van der Waals surface area contributed by atoms with Crippen LogP contribution in [0.25, 0.3) is 0 Å². The molecule has 0 aliphatic carbocycles. The van der Waals surface area contributed by atoms with Gasteiger partial charge in [0.1, 0.15) is 10.0 Å². The van der Waals surface area contributed by atoms with Crippen LogP contribution in [0.5, 0.6) is 0 Å². The minimum atomic E-state index is -3.12. The van der Waals surface area contributed by atoms with E-state index < -0.39 is 9.84 Å². The molecule has 0 fully saturated rings. The molecule has 4 nitrogen and oxygen atoms in total. The summed E-state index contributed by atoms with van der Waals surface area (Å²) in [4.78, 5) is 0.361. The van der Waals surface area contributed by atoms with E-state index in [1.807, 2.05) is 12.1 Å². The van der Waals surface area contributed by atoms with Gasteiger partial charge in [-0.3, -0.25) is 0 Å². The lowest BCUT2D eigenvalue weighted by Crippen LogP contribution is -1.97. The quantitative estimate of drug-likeness (QED) is 0.804. The fourth-order valence-corrected chi connectivity index (χ4v) is 4.22. The van der Waals surface area contributed by atoms with Crippen molar-refractivity contribution in [2.75, 3.05) is 6.26 Å². The Labute approximate surface area is 133 Å². The minimum absolute atomic E-state index is 0.285. The molecule has 21 heavy (non-hydrogen) atoms. The molecule has 0 spiro atoms. The largest absolute Gasteiger partial charge is 0.224 e. The van der Waals surface area contributed by atoms with Crippen LogP contribution < -0.4 is 0 Å². The average molecular weight is 343 g/mol. The zero-order valence-corrected chi connectivity index (χ0v) is 14.7. The number of rotatable bonds is 6. The summed E-state index contributed by atoms with van der Waals surface area (Å²) in [5.41, 5.74) is 1.12. The van der Waals surface area contributed by atoms with E-state index in [0.717, 1.165) is 27.8 Å². The third kappa shape index (κ3) is 4.52. The van der Waals surface area contributed by atoms with Gasteiger partial charge >= 0.3 is 0 Å². The smallest absolute Gasteiger partial charge is 0.175 e. The van der Waals surface area contributed by atoms with Crippen LogP contribution in [0.4, 0.5) is 0 Å². The number of hydrogen-bond acceptors (Lipinski definition) is 6. The van der Waals surface area contributed by atoms with Gasteiger partial charge < -0.3 is 0 Å². The number of thioether (sulfide) groups is 1. The van der Waals surface area contributed by atoms with Crippen LogP contribution in [0.3, 0.4) is 0 Å². The molecule has 0 radical (unpaired) electrons. The van der Waals surface area contributed by atoms with E-state index in [0.29, 0.717) is 4.90 Å². The molecule has 1 aromatic carbocycles. The first-order chi connectivity index (χ1) is 9.90. The molecule has 114 valence electrons. The lowest BCUT2D eigenvalue weighted by atomic mass is 10.2. The first-order valence-corrected chi connectivity index (χ1v) is 10.4. The van der Waals surface area contributed by atoms with Crippen LogP contribution >= 0.6 is 23.1 Å². The predicted molar refractivity (Wildman–Crippen MR) is 88.5 cm³/mol. The highest BCUT2D eigenvalue weighted by Crippen LogP contribution is 2.32. The van der Waals surface area contributed by atoms with Crippen molar-refractivity contribution in [3.8, 4) is 0 Å². The Balaban J connectivity index is 1.98. The van der Waals surface area contributed by atoms with E-state index in [1.54, 1.807) is 35.2 Å². The van der Waals surface area contributed by atoms with E-state index in [9.17, 15) is 8.42 Å². The van der Waals surface area contributed by atoms with Crippen molar-refractivity contribution < 1.29 is 8.42 Å². The second kappa shape index (κ2) is 6.89. The summed E-state index contributed by atoms with van der Waals surface area (Å²) < 4.78 is 22.9. The number of hydrogen-bond donors (Lipinski definition) is 0. The highest BCUT2D eigenvalue weighted by molar-refractivity contribution is 7.98. The Morgan fingerprint density at radius 3 is 2.33 bits per heavy atom. The summed E-state index contributed by atoms with van der Waals surface area (Å²) in [7, 11) is -3.12. The van der Waals surface area contributed by atoms with E-state index >= 15 is 0 Å². The highest BCUT2D eigenvalue weighted by atomic mass is 32.2. The Hall–Kier alpha value is -0.920. The normalized spacial score (nSPS) is 13.3. The second-order valence-electron chi connectivity index (χ2n) is 4.74. The third-order valence-electron chi connectivity index (χ3n) is 3.05. The number of nitrogens with zero attached hydrogens (tertiary/aromatic N) is 2. The zero-order valence-electron chi connectivity index (χ0n) is 12.2. The first kappa shape index (κ1) is 16.5. The SMILES string of the molecule is CCc1nnc(CS[C@H](C)c2ccc(S(C)(=O)=O)cc2)s1. The molecule has 1 heterocycles. The first-order valence-electron chi connectivity index (χ1n) is 6.63. The van der Waals surface area contributed by atoms with E-state index in [4.69, 9.17) is 0 Å². The van der Waals surface area contributed by atoms with E-state index in [-0.39, 0.29) is 5.25 Å². The van der Waals surface area contributed by atoms with Crippen LogP contribution in [0, 0.1) is 0 Å². The monoisotopic (exact) mass is 342 g/mol. The summed E-state index contributed by atoms with van der Waals surface area (Å²) in [6.45, 7) is 4.19. The molecule has 7 heteroatoms. The number of sulfone groups is 1. The summed E-state index contributed by atoms with van der Waals surface area (Å²) in [6, 6.07) is 7.10. The van der Waals surface area contributed by atoms with Crippen molar-refractivity contribution in [2.45, 2.75) is 36.2 Å². The van der Waals surface area contributed by atoms with Crippen molar-refractivity contribution in [3.63, 3.8) is 0 Å². The van der Waals surface area contributed by atoms with Crippen molar-refractivity contribution in [1.82, 2.24) is 10.2 Å². The van der Waals surface area contributed by atoms with Crippen LogP contribution in [0.1, 0.15) is 34.7 Å². The lowest BCUT2D eigenvalue weighted by Gasteiger charge is -2.11. The molecule has 2 aromatic rings. The van der Waals surface area contributed by atoms with Crippen molar-refractivity contribution in [1.29, 1.82) is 0 Å². The highest BCUT2D eigenvalue weighted by Gasteiger charge is 2.11. The van der Waals surface area contributed by atoms with Gasteiger partial charge in [0.2, 0.25) is 0 Å². The van der Waals surface area contributed by atoms with Crippen LogP contribution in [-0.2, 0) is 22.0 Å². The molecule has 0 unspecified atom stereocenters. The molecule has 2 rings (SSSR count). The van der Waals surface area contributed by atoms with Gasteiger partial charge in [-0.15, -0.1) is 33.3 Å². The summed E-state index contributed by atoms with van der Waals surface area (Å²) >= 11 is 3.43. The second-order valence-corrected chi connectivity index (χ2v) is 9.23. The van der Waals surface area contributed by atoms with Crippen molar-refractivity contribution in [3.05, 3.63) is 39.8 Å². The Morgan fingerprint density at radius 2 is 1.81 bits per heavy atom. The standard InChI is InChI=1S/C14H18N2O2S3/c1-4-13-15-16-14(20-13)9-19-10(2)11-5-7-12(8-6-11)21(3,17)18/h5-8,10H,4,9H2,1-3H3/t10-/m1/s1. The third-order valence-corrected chi connectivity index (χ3v) is 6.64. The lowest BCUT2D eigenvalue weighted by molar-refractivity contribution is 0.602. The molecule has 1 atom stereocenters. The van der Waals surface area contributed by atoms with Crippen LogP contribution in [0.15, 0.2) is 29.2 Å². The summed E-state index contributed by atoms with van der Waals surface area (Å²) in [5.74, 6) is 0.826. The molecular weight excluding hydrogens is 324 g/mol. The average Bonchev–Trinajstić information content (AvgIpc) is 2.92. The maximum Gasteiger partial charge on any atom is 0.175 e. The van der Waals surface area contributed by atoms with Crippen LogP contribution in [-0.4, -0.2) is 24.9 Å². The van der Waals surface area contributed by atoms with Gasteiger partial charge in [0.15, 0.2) is 9.84 Å². The Morgan fingerprint density at radius 1 is 1.19 bits per heavy atom. The molecule has 0 aliphatic heterocycles. The summed E-state index contributed by atoms with van der Waals surface area (Å²) in [6.07, 6.45) is 2.14. The van der Waals surface area contributed by atoms with Gasteiger partial charge in [-0.1, -0.05) is 19.1 Å².